The van der Waals surface area contributed by atoms with Crippen LogP contribution in [-0.2, 0) is 6.42 Å². The van der Waals surface area contributed by atoms with Gasteiger partial charge in [0.1, 0.15) is 17.6 Å². The van der Waals surface area contributed by atoms with E-state index < -0.39 is 38.1 Å². The average molecular weight is 542 g/mol. The van der Waals surface area contributed by atoms with Gasteiger partial charge < -0.3 is 14.5 Å². The van der Waals surface area contributed by atoms with Crippen molar-refractivity contribution in [3.05, 3.63) is 59.3 Å². The largest absolute Gasteiger partial charge is 0.488 e. The fourth-order valence-corrected chi connectivity index (χ4v) is 5.56. The van der Waals surface area contributed by atoms with Crippen LogP contribution < -0.4 is 9.47 Å². The first kappa shape index (κ1) is 26.7. The van der Waals surface area contributed by atoms with Gasteiger partial charge >= 0.3 is 12.8 Å². The molecule has 206 valence electrons. The van der Waals surface area contributed by atoms with Gasteiger partial charge in [0.2, 0.25) is 0 Å². The molecule has 3 heterocycles. The van der Waals surface area contributed by atoms with E-state index in [2.05, 4.69) is 4.98 Å². The summed E-state index contributed by atoms with van der Waals surface area (Å²) >= 11 is 0. The summed E-state index contributed by atoms with van der Waals surface area (Å²) in [7, 11) is 0. The minimum Gasteiger partial charge on any atom is -0.488 e. The summed E-state index contributed by atoms with van der Waals surface area (Å²) < 4.78 is 91.3. The molecule has 5 nitrogen and oxygen atoms in total. The second kappa shape index (κ2) is 10.7. The van der Waals surface area contributed by atoms with Gasteiger partial charge in [-0.05, 0) is 43.5 Å². The number of hydrogen-bond acceptors (Lipinski definition) is 4. The number of aromatic amines is 1. The van der Waals surface area contributed by atoms with E-state index in [1.165, 1.54) is 17.0 Å². The third kappa shape index (κ3) is 5.58. The second-order valence-corrected chi connectivity index (χ2v) is 9.93. The Labute approximate surface area is 216 Å². The molecule has 1 fully saturated rings. The van der Waals surface area contributed by atoms with Gasteiger partial charge in [-0.1, -0.05) is 18.2 Å². The Bertz CT molecular complexity index is 1260. The molecule has 2 aliphatic heterocycles. The molecule has 5 rings (SSSR count). The zero-order valence-corrected chi connectivity index (χ0v) is 20.8. The van der Waals surface area contributed by atoms with Crippen LogP contribution in [0.4, 0.5) is 26.3 Å². The second-order valence-electron chi connectivity index (χ2n) is 9.93. The fourth-order valence-electron chi connectivity index (χ4n) is 5.56. The molecule has 3 aromatic rings. The highest BCUT2D eigenvalue weighted by atomic mass is 19.4. The van der Waals surface area contributed by atoms with Crippen molar-refractivity contribution in [3.63, 3.8) is 0 Å². The van der Waals surface area contributed by atoms with E-state index in [1.807, 2.05) is 29.2 Å². The van der Waals surface area contributed by atoms with Crippen molar-refractivity contribution < 1.29 is 35.8 Å². The van der Waals surface area contributed by atoms with Crippen LogP contribution in [0.15, 0.2) is 42.5 Å². The van der Waals surface area contributed by atoms with Gasteiger partial charge in [-0.25, -0.2) is 0 Å². The van der Waals surface area contributed by atoms with Gasteiger partial charge in [-0.2, -0.15) is 22.0 Å². The van der Waals surface area contributed by atoms with Gasteiger partial charge in [0.25, 0.3) is 0 Å². The molecule has 11 heteroatoms. The number of halogens is 6. The highest BCUT2D eigenvalue weighted by Crippen LogP contribution is 2.45. The molecular weight excluding hydrogens is 512 g/mol. The van der Waals surface area contributed by atoms with Crippen LogP contribution in [0.25, 0.3) is 10.9 Å². The van der Waals surface area contributed by atoms with Crippen LogP contribution in [0, 0.1) is 0 Å². The lowest BCUT2D eigenvalue weighted by atomic mass is 9.88. The number of alkyl halides is 6. The first-order chi connectivity index (χ1) is 18.1. The molecule has 2 unspecified atom stereocenters. The van der Waals surface area contributed by atoms with Crippen LogP contribution in [0.2, 0.25) is 0 Å². The molecule has 0 aliphatic carbocycles. The van der Waals surface area contributed by atoms with Gasteiger partial charge in [-0.15, -0.1) is 0 Å². The van der Waals surface area contributed by atoms with Crippen molar-refractivity contribution in [2.24, 2.45) is 0 Å². The SMILES string of the molecule is CC1Cc2c([nH]c3ccccc23)C(c2ccc(OC3CN(CCCF)C3)cc2OC(F)F)N1CC(F)(F)F. The van der Waals surface area contributed by atoms with Crippen LogP contribution in [0.5, 0.6) is 11.5 Å². The lowest BCUT2D eigenvalue weighted by molar-refractivity contribution is -0.155. The minimum absolute atomic E-state index is 0.194. The predicted octanol–water partition coefficient (Wildman–Crippen LogP) is 6.09. The maximum Gasteiger partial charge on any atom is 0.401 e. The van der Waals surface area contributed by atoms with E-state index in [-0.39, 0.29) is 23.2 Å². The Hall–Kier alpha value is -2.92. The topological polar surface area (TPSA) is 40.7 Å². The molecule has 38 heavy (non-hydrogen) atoms. The number of benzene rings is 2. The lowest BCUT2D eigenvalue weighted by Gasteiger charge is -2.42. The summed E-state index contributed by atoms with van der Waals surface area (Å²) in [4.78, 5) is 6.55. The molecule has 0 bridgehead atoms. The molecule has 2 aliphatic rings. The van der Waals surface area contributed by atoms with Gasteiger partial charge in [0.15, 0.2) is 0 Å². The number of nitrogens with zero attached hydrogens (tertiary/aromatic N) is 2. The van der Waals surface area contributed by atoms with Crippen molar-refractivity contribution in [3.8, 4) is 11.5 Å². The van der Waals surface area contributed by atoms with Crippen LogP contribution in [0.3, 0.4) is 0 Å². The monoisotopic (exact) mass is 541 g/mol. The van der Waals surface area contributed by atoms with Crippen molar-refractivity contribution in [2.75, 3.05) is 32.9 Å². The summed E-state index contributed by atoms with van der Waals surface area (Å²) in [6.45, 7) is -1.33. The summed E-state index contributed by atoms with van der Waals surface area (Å²) in [6.07, 6.45) is -3.89. The van der Waals surface area contributed by atoms with Crippen molar-refractivity contribution in [1.82, 2.24) is 14.8 Å². The Kier molecular flexibility index (Phi) is 7.50. The molecule has 0 spiro atoms. The number of rotatable bonds is 9. The predicted molar refractivity (Wildman–Crippen MR) is 131 cm³/mol. The highest BCUT2D eigenvalue weighted by molar-refractivity contribution is 5.85. The van der Waals surface area contributed by atoms with Crippen molar-refractivity contribution in [1.29, 1.82) is 0 Å². The van der Waals surface area contributed by atoms with Crippen LogP contribution in [-0.4, -0.2) is 72.6 Å². The highest BCUT2D eigenvalue weighted by Gasteiger charge is 2.43. The molecule has 0 saturated carbocycles. The minimum atomic E-state index is -4.50. The number of H-pyrrole nitrogens is 1. The van der Waals surface area contributed by atoms with Gasteiger partial charge in [0, 0.05) is 53.9 Å². The Morgan fingerprint density at radius 2 is 1.87 bits per heavy atom. The quantitative estimate of drug-likeness (QED) is 0.333. The van der Waals surface area contributed by atoms with E-state index in [0.717, 1.165) is 16.5 Å². The van der Waals surface area contributed by atoms with E-state index in [0.29, 0.717) is 38.2 Å². The summed E-state index contributed by atoms with van der Waals surface area (Å²) in [5.74, 6) is 0.0460. The zero-order valence-electron chi connectivity index (χ0n) is 20.8. The summed E-state index contributed by atoms with van der Waals surface area (Å²) in [5.41, 5.74) is 2.35. The summed E-state index contributed by atoms with van der Waals surface area (Å²) in [6, 6.07) is 10.3. The van der Waals surface area contributed by atoms with Crippen LogP contribution in [0.1, 0.15) is 36.2 Å². The van der Waals surface area contributed by atoms with E-state index in [1.54, 1.807) is 13.0 Å². The number of aromatic nitrogens is 1. The number of likely N-dealkylation sites (tertiary alicyclic amines) is 1. The smallest absolute Gasteiger partial charge is 0.401 e. The molecule has 1 saturated heterocycles. The number of ether oxygens (including phenoxy) is 2. The number of nitrogens with one attached hydrogen (secondary N) is 1. The molecule has 1 aromatic heterocycles. The average Bonchev–Trinajstić information content (AvgIpc) is 3.18. The van der Waals surface area contributed by atoms with E-state index >= 15 is 0 Å². The molecule has 0 amide bonds. The zero-order chi connectivity index (χ0) is 27.0. The number of fused-ring (bicyclic) bond motifs is 3. The van der Waals surface area contributed by atoms with Crippen molar-refractivity contribution in [2.45, 2.75) is 50.7 Å². The Morgan fingerprint density at radius 1 is 1.11 bits per heavy atom. The molecule has 2 aromatic carbocycles. The van der Waals surface area contributed by atoms with Crippen LogP contribution >= 0.6 is 0 Å². The third-order valence-electron chi connectivity index (χ3n) is 7.21. The Morgan fingerprint density at radius 3 is 2.58 bits per heavy atom. The first-order valence-electron chi connectivity index (χ1n) is 12.6. The van der Waals surface area contributed by atoms with E-state index in [9.17, 15) is 26.3 Å². The first-order valence-corrected chi connectivity index (χ1v) is 12.6. The Balaban J connectivity index is 1.52. The van der Waals surface area contributed by atoms with E-state index in [4.69, 9.17) is 9.47 Å². The molecule has 1 N–H and O–H groups in total. The lowest BCUT2D eigenvalue weighted by Crippen LogP contribution is -2.53. The van der Waals surface area contributed by atoms with Crippen molar-refractivity contribution >= 4 is 10.9 Å². The van der Waals surface area contributed by atoms with Gasteiger partial charge in [0.05, 0.1) is 19.3 Å². The maximum atomic E-state index is 13.7. The fraction of sp³-hybridized carbons (Fsp3) is 0.481. The third-order valence-corrected chi connectivity index (χ3v) is 7.21. The maximum absolute atomic E-state index is 13.7. The standard InChI is InChI=1S/C27H29F6N3O2/c1-16-11-21-19-5-2-3-6-22(19)34-24(21)25(36(16)15-27(31,32)33)20-8-7-17(12-23(20)38-26(29)30)37-18-13-35(14-18)10-4-9-28/h2-3,5-8,12,16,18,25-26,34H,4,9-11,13-15H2,1H3. The molecule has 0 radical (unpaired) electrons. The molecular formula is C27H29F6N3O2. The molecule has 2 atom stereocenters. The van der Waals surface area contributed by atoms with Gasteiger partial charge in [-0.3, -0.25) is 14.2 Å². The summed E-state index contributed by atoms with van der Waals surface area (Å²) in [5, 5.41) is 0.893. The number of para-hydroxylation sites is 1. The normalized spacial score (nSPS) is 21.1. The number of hydrogen-bond donors (Lipinski definition) is 1.